The number of hydrogen-bond donors (Lipinski definition) is 0. The van der Waals surface area contributed by atoms with Gasteiger partial charge in [0.15, 0.2) is 4.80 Å². The number of fused-ring (bicyclic) bond motifs is 1. The van der Waals surface area contributed by atoms with Crippen LogP contribution in [0.5, 0.6) is 0 Å². The predicted octanol–water partition coefficient (Wildman–Crippen LogP) is 2.82. The average Bonchev–Trinajstić information content (AvgIpc) is 3.39. The van der Waals surface area contributed by atoms with Crippen LogP contribution in [0.4, 0.5) is 0 Å². The van der Waals surface area contributed by atoms with E-state index >= 15 is 0 Å². The van der Waals surface area contributed by atoms with Gasteiger partial charge in [-0.2, -0.15) is 0 Å². The van der Waals surface area contributed by atoms with Gasteiger partial charge in [-0.15, -0.1) is 11.3 Å². The third kappa shape index (κ3) is 3.30. The second kappa shape index (κ2) is 7.85. The molecule has 0 saturated carbocycles. The molecule has 156 valence electrons. The number of aromatic nitrogens is 2. The Morgan fingerprint density at radius 2 is 2.10 bits per heavy atom. The van der Waals surface area contributed by atoms with E-state index in [9.17, 15) is 9.59 Å². The second-order valence-corrected chi connectivity index (χ2v) is 9.19. The number of allylic oxidation sites excluding steroid dienone is 1. The normalized spacial score (nSPS) is 16.6. The summed E-state index contributed by atoms with van der Waals surface area (Å²) in [5, 5.41) is 1.94. The molecule has 4 heterocycles. The van der Waals surface area contributed by atoms with Crippen molar-refractivity contribution in [3.8, 4) is 0 Å². The second-order valence-electron chi connectivity index (χ2n) is 7.20. The van der Waals surface area contributed by atoms with Gasteiger partial charge in [-0.1, -0.05) is 17.4 Å². The molecule has 0 aliphatic carbocycles. The quantitative estimate of drug-likeness (QED) is 0.585. The van der Waals surface area contributed by atoms with Crippen molar-refractivity contribution in [3.05, 3.63) is 76.4 Å². The van der Waals surface area contributed by atoms with E-state index in [1.807, 2.05) is 44.5 Å². The molecule has 0 bridgehead atoms. The topological polar surface area (TPSA) is 65.6 Å². The first-order valence-corrected chi connectivity index (χ1v) is 11.4. The lowest BCUT2D eigenvalue weighted by Gasteiger charge is -2.23. The van der Waals surface area contributed by atoms with Gasteiger partial charge < -0.3 is 9.30 Å². The Hall–Kier alpha value is -2.71. The molecule has 0 aromatic carbocycles. The Labute approximate surface area is 182 Å². The number of rotatable bonds is 4. The summed E-state index contributed by atoms with van der Waals surface area (Å²) in [6, 6.07) is 5.40. The molecular weight excluding hydrogens is 418 g/mol. The lowest BCUT2D eigenvalue weighted by Crippen LogP contribution is -2.39. The molecule has 0 saturated heterocycles. The van der Waals surface area contributed by atoms with Crippen LogP contribution in [0.3, 0.4) is 0 Å². The number of esters is 1. The van der Waals surface area contributed by atoms with E-state index in [1.165, 1.54) is 22.7 Å². The molecule has 4 rings (SSSR count). The SMILES string of the molecule is CCOC(=O)C1=C(C)N=c2sc(=Cc3cc(C)n(C)c3C)c(=O)n2C1c1cccs1. The number of thiazole rings is 1. The minimum atomic E-state index is -0.527. The van der Waals surface area contributed by atoms with E-state index in [0.29, 0.717) is 20.6 Å². The van der Waals surface area contributed by atoms with Crippen molar-refractivity contribution >= 4 is 34.7 Å². The molecule has 8 heteroatoms. The highest BCUT2D eigenvalue weighted by Gasteiger charge is 2.33. The Kier molecular flexibility index (Phi) is 5.38. The molecule has 0 N–H and O–H groups in total. The lowest BCUT2D eigenvalue weighted by molar-refractivity contribution is -0.139. The fourth-order valence-corrected chi connectivity index (χ4v) is 5.54. The van der Waals surface area contributed by atoms with E-state index in [4.69, 9.17) is 4.74 Å². The highest BCUT2D eigenvalue weighted by atomic mass is 32.1. The minimum Gasteiger partial charge on any atom is -0.463 e. The van der Waals surface area contributed by atoms with Crippen molar-refractivity contribution in [1.29, 1.82) is 0 Å². The van der Waals surface area contributed by atoms with Gasteiger partial charge in [0.2, 0.25) is 0 Å². The molecule has 1 unspecified atom stereocenters. The van der Waals surface area contributed by atoms with E-state index in [-0.39, 0.29) is 12.2 Å². The Morgan fingerprint density at radius 1 is 1.33 bits per heavy atom. The summed E-state index contributed by atoms with van der Waals surface area (Å²) in [7, 11) is 2.01. The smallest absolute Gasteiger partial charge is 0.338 e. The highest BCUT2D eigenvalue weighted by Crippen LogP contribution is 2.33. The number of nitrogens with zero attached hydrogens (tertiary/aromatic N) is 3. The van der Waals surface area contributed by atoms with Gasteiger partial charge in [0.1, 0.15) is 6.04 Å². The predicted molar refractivity (Wildman–Crippen MR) is 120 cm³/mol. The summed E-state index contributed by atoms with van der Waals surface area (Å²) < 4.78 is 9.62. The number of hydrogen-bond acceptors (Lipinski definition) is 6. The molecule has 3 aromatic rings. The maximum atomic E-state index is 13.5. The molecule has 1 aliphatic rings. The van der Waals surface area contributed by atoms with Crippen LogP contribution in [0.15, 0.2) is 44.6 Å². The first-order valence-electron chi connectivity index (χ1n) is 9.69. The molecule has 0 radical (unpaired) electrons. The molecule has 1 aliphatic heterocycles. The molecule has 30 heavy (non-hydrogen) atoms. The molecule has 0 fully saturated rings. The maximum absolute atomic E-state index is 13.5. The van der Waals surface area contributed by atoms with Gasteiger partial charge in [0.25, 0.3) is 5.56 Å². The van der Waals surface area contributed by atoms with Crippen LogP contribution in [-0.2, 0) is 16.6 Å². The third-order valence-electron chi connectivity index (χ3n) is 5.43. The third-order valence-corrected chi connectivity index (χ3v) is 7.34. The van der Waals surface area contributed by atoms with Crippen LogP contribution in [-0.4, -0.2) is 21.7 Å². The summed E-state index contributed by atoms with van der Waals surface area (Å²) in [5.74, 6) is -0.430. The first-order chi connectivity index (χ1) is 14.3. The number of carbonyl (C=O) groups excluding carboxylic acids is 1. The Morgan fingerprint density at radius 3 is 2.70 bits per heavy atom. The van der Waals surface area contributed by atoms with Crippen molar-refractivity contribution in [3.63, 3.8) is 0 Å². The summed E-state index contributed by atoms with van der Waals surface area (Å²) in [6.45, 7) is 7.91. The molecule has 6 nitrogen and oxygen atoms in total. The van der Waals surface area contributed by atoms with Gasteiger partial charge >= 0.3 is 5.97 Å². The van der Waals surface area contributed by atoms with E-state index < -0.39 is 12.0 Å². The molecule has 0 spiro atoms. The number of thiophene rings is 1. The Balaban J connectivity index is 1.96. The van der Waals surface area contributed by atoms with E-state index in [1.54, 1.807) is 18.4 Å². The zero-order valence-electron chi connectivity index (χ0n) is 17.6. The van der Waals surface area contributed by atoms with Crippen molar-refractivity contribution < 1.29 is 9.53 Å². The molecule has 1 atom stereocenters. The van der Waals surface area contributed by atoms with Gasteiger partial charge in [-0.3, -0.25) is 9.36 Å². The van der Waals surface area contributed by atoms with Crippen LogP contribution in [0, 0.1) is 13.8 Å². The lowest BCUT2D eigenvalue weighted by atomic mass is 10.0. The standard InChI is InChI=1S/C22H23N3O3S2/c1-6-28-21(27)18-13(3)23-22-25(19(18)16-8-7-9-29-16)20(26)17(30-22)11-15-10-12(2)24(5)14(15)4/h7-11,19H,6H2,1-5H3. The van der Waals surface area contributed by atoms with Crippen LogP contribution < -0.4 is 14.9 Å². The molecular formula is C22H23N3O3S2. The summed E-state index contributed by atoms with van der Waals surface area (Å²) in [6.07, 6.45) is 1.92. The average molecular weight is 442 g/mol. The summed E-state index contributed by atoms with van der Waals surface area (Å²) in [4.78, 5) is 32.3. The zero-order chi connectivity index (χ0) is 21.6. The fraction of sp³-hybridized carbons (Fsp3) is 0.318. The van der Waals surface area contributed by atoms with Crippen molar-refractivity contribution in [2.24, 2.45) is 12.0 Å². The van der Waals surface area contributed by atoms with Gasteiger partial charge in [0.05, 0.1) is 22.4 Å². The minimum absolute atomic E-state index is 0.146. The van der Waals surface area contributed by atoms with Crippen LogP contribution >= 0.6 is 22.7 Å². The first kappa shape index (κ1) is 20.6. The number of carbonyl (C=O) groups is 1. The van der Waals surface area contributed by atoms with E-state index in [0.717, 1.165) is 21.8 Å². The highest BCUT2D eigenvalue weighted by molar-refractivity contribution is 7.10. The van der Waals surface area contributed by atoms with Gasteiger partial charge in [0, 0.05) is 23.3 Å². The monoisotopic (exact) mass is 441 g/mol. The van der Waals surface area contributed by atoms with Gasteiger partial charge in [-0.25, -0.2) is 9.79 Å². The van der Waals surface area contributed by atoms with Crippen molar-refractivity contribution in [1.82, 2.24) is 9.13 Å². The molecule has 0 amide bonds. The zero-order valence-corrected chi connectivity index (χ0v) is 19.2. The number of aryl methyl sites for hydroxylation is 1. The van der Waals surface area contributed by atoms with Crippen molar-refractivity contribution in [2.45, 2.75) is 33.7 Å². The fourth-order valence-electron chi connectivity index (χ4n) is 3.68. The van der Waals surface area contributed by atoms with Crippen molar-refractivity contribution in [2.75, 3.05) is 6.61 Å². The van der Waals surface area contributed by atoms with Crippen LogP contribution in [0.25, 0.3) is 6.08 Å². The maximum Gasteiger partial charge on any atom is 0.338 e. The molecule has 3 aromatic heterocycles. The Bertz CT molecular complexity index is 1340. The van der Waals surface area contributed by atoms with Crippen LogP contribution in [0.2, 0.25) is 0 Å². The van der Waals surface area contributed by atoms with Crippen LogP contribution in [0.1, 0.15) is 41.7 Å². The largest absolute Gasteiger partial charge is 0.463 e. The summed E-state index contributed by atoms with van der Waals surface area (Å²) >= 11 is 2.86. The van der Waals surface area contributed by atoms with Gasteiger partial charge in [-0.05, 0) is 56.8 Å². The number of ether oxygens (including phenoxy) is 1. The van der Waals surface area contributed by atoms with E-state index in [2.05, 4.69) is 15.6 Å². The summed E-state index contributed by atoms with van der Waals surface area (Å²) in [5.41, 5.74) is 4.10.